The summed E-state index contributed by atoms with van der Waals surface area (Å²) in [6.45, 7) is -0.0526. The van der Waals surface area contributed by atoms with E-state index >= 15 is 0 Å². The maximum atomic E-state index is 12.4. The zero-order valence-electron chi connectivity index (χ0n) is 12.1. The molecule has 0 bridgehead atoms. The smallest absolute Gasteiger partial charge is 0.261 e. The minimum absolute atomic E-state index is 0.0526. The third-order valence-electron chi connectivity index (χ3n) is 3.93. The van der Waals surface area contributed by atoms with E-state index in [4.69, 9.17) is 5.73 Å². The summed E-state index contributed by atoms with van der Waals surface area (Å²) in [4.78, 5) is 22.8. The number of fused-ring (bicyclic) bond motifs is 2. The Morgan fingerprint density at radius 3 is 2.74 bits per heavy atom. The van der Waals surface area contributed by atoms with Crippen LogP contribution in [0.1, 0.15) is 5.56 Å². The number of nitrogens with two attached hydrogens (primary N) is 1. The first-order chi connectivity index (χ1) is 11.2. The molecule has 114 valence electrons. The van der Waals surface area contributed by atoms with Crippen LogP contribution in [0.25, 0.3) is 33.3 Å². The highest BCUT2D eigenvalue weighted by molar-refractivity contribution is 5.97. The van der Waals surface area contributed by atoms with E-state index in [2.05, 4.69) is 15.0 Å². The minimum atomic E-state index is -0.289. The van der Waals surface area contributed by atoms with Gasteiger partial charge in [-0.05, 0) is 23.8 Å². The largest absolute Gasteiger partial charge is 0.397 e. The van der Waals surface area contributed by atoms with Gasteiger partial charge in [-0.3, -0.25) is 4.79 Å². The first kappa shape index (κ1) is 13.5. The van der Waals surface area contributed by atoms with Crippen LogP contribution in [0.15, 0.2) is 47.3 Å². The summed E-state index contributed by atoms with van der Waals surface area (Å²) >= 11 is 0. The lowest BCUT2D eigenvalue weighted by molar-refractivity contribution is 0.282. The monoisotopic (exact) mass is 306 g/mol. The number of aliphatic hydroxyl groups excluding tert-OH is 1. The maximum absolute atomic E-state index is 12.4. The number of hydrogen-bond acceptors (Lipinski definition) is 4. The number of para-hydroxylation sites is 1. The molecule has 0 radical (unpaired) electrons. The standard InChI is InChI=1S/C17H14N4O2/c18-15-10-3-1-2-4-11(10)21-17(23)14(15)16-19-12-6-5-9(8-22)7-13(12)20-16/h1-7,22H,8H2,(H,19,20)(H3,18,21,23). The van der Waals surface area contributed by atoms with Crippen LogP contribution in [0.5, 0.6) is 0 Å². The summed E-state index contributed by atoms with van der Waals surface area (Å²) in [7, 11) is 0. The molecule has 0 unspecified atom stereocenters. The van der Waals surface area contributed by atoms with Gasteiger partial charge in [0.1, 0.15) is 11.4 Å². The number of nitrogens with one attached hydrogen (secondary N) is 2. The average molecular weight is 306 g/mol. The van der Waals surface area contributed by atoms with Gasteiger partial charge in [0.25, 0.3) is 5.56 Å². The number of benzene rings is 2. The molecular weight excluding hydrogens is 292 g/mol. The Bertz CT molecular complexity index is 1090. The van der Waals surface area contributed by atoms with E-state index in [1.54, 1.807) is 18.2 Å². The molecule has 0 saturated carbocycles. The van der Waals surface area contributed by atoms with E-state index in [1.165, 1.54) is 0 Å². The number of aromatic nitrogens is 3. The fraction of sp³-hybridized carbons (Fsp3) is 0.0588. The predicted octanol–water partition coefficient (Wildman–Crippen LogP) is 2.15. The molecule has 2 heterocycles. The lowest BCUT2D eigenvalue weighted by Gasteiger charge is -2.06. The molecule has 0 saturated heterocycles. The molecule has 23 heavy (non-hydrogen) atoms. The Labute approximate surface area is 130 Å². The van der Waals surface area contributed by atoms with Crippen LogP contribution in [-0.2, 0) is 6.61 Å². The van der Waals surface area contributed by atoms with Crippen molar-refractivity contribution in [1.29, 1.82) is 0 Å². The summed E-state index contributed by atoms with van der Waals surface area (Å²) < 4.78 is 0. The molecule has 0 amide bonds. The van der Waals surface area contributed by atoms with Crippen LogP contribution in [-0.4, -0.2) is 20.1 Å². The van der Waals surface area contributed by atoms with Gasteiger partial charge in [0.05, 0.1) is 28.8 Å². The van der Waals surface area contributed by atoms with E-state index in [9.17, 15) is 9.90 Å². The molecule has 0 spiro atoms. The number of anilines is 1. The third-order valence-corrected chi connectivity index (χ3v) is 3.93. The molecule has 2 aromatic heterocycles. The highest BCUT2D eigenvalue weighted by atomic mass is 16.3. The van der Waals surface area contributed by atoms with Crippen LogP contribution in [0.4, 0.5) is 5.69 Å². The van der Waals surface area contributed by atoms with E-state index in [0.29, 0.717) is 28.1 Å². The second kappa shape index (κ2) is 4.96. The Morgan fingerprint density at radius 2 is 1.91 bits per heavy atom. The summed E-state index contributed by atoms with van der Waals surface area (Å²) in [5, 5.41) is 9.99. The molecule has 0 atom stereocenters. The lowest BCUT2D eigenvalue weighted by atomic mass is 10.1. The number of H-pyrrole nitrogens is 2. The number of nitrogen functional groups attached to an aromatic ring is 1. The van der Waals surface area contributed by atoms with Gasteiger partial charge in [0.2, 0.25) is 0 Å². The van der Waals surface area contributed by atoms with Gasteiger partial charge in [-0.1, -0.05) is 24.3 Å². The van der Waals surface area contributed by atoms with Crippen molar-refractivity contribution in [2.24, 2.45) is 0 Å². The molecule has 0 fully saturated rings. The molecular formula is C17H14N4O2. The van der Waals surface area contributed by atoms with Gasteiger partial charge in [0.15, 0.2) is 0 Å². The SMILES string of the molecule is Nc1c(-c2nc3ccc(CO)cc3[nH]2)c(=O)[nH]c2ccccc12. The van der Waals surface area contributed by atoms with E-state index in [-0.39, 0.29) is 12.2 Å². The molecule has 0 aliphatic rings. The van der Waals surface area contributed by atoms with Crippen molar-refractivity contribution >= 4 is 27.6 Å². The Hall–Kier alpha value is -3.12. The van der Waals surface area contributed by atoms with Gasteiger partial charge in [-0.15, -0.1) is 0 Å². The normalized spacial score (nSPS) is 11.3. The van der Waals surface area contributed by atoms with Crippen molar-refractivity contribution in [2.45, 2.75) is 6.61 Å². The Balaban J connectivity index is 2.00. The molecule has 0 aliphatic heterocycles. The van der Waals surface area contributed by atoms with Gasteiger partial charge in [0, 0.05) is 5.39 Å². The first-order valence-electron chi connectivity index (χ1n) is 7.18. The fourth-order valence-corrected chi connectivity index (χ4v) is 2.78. The predicted molar refractivity (Wildman–Crippen MR) is 90.0 cm³/mol. The molecule has 5 N–H and O–H groups in total. The zero-order valence-corrected chi connectivity index (χ0v) is 12.1. The highest BCUT2D eigenvalue weighted by Gasteiger charge is 2.15. The minimum Gasteiger partial charge on any atom is -0.397 e. The summed E-state index contributed by atoms with van der Waals surface area (Å²) in [6.07, 6.45) is 0. The van der Waals surface area contributed by atoms with Gasteiger partial charge in [-0.2, -0.15) is 0 Å². The van der Waals surface area contributed by atoms with E-state index in [0.717, 1.165) is 16.5 Å². The zero-order chi connectivity index (χ0) is 16.0. The maximum Gasteiger partial charge on any atom is 0.261 e. The topological polar surface area (TPSA) is 108 Å². The molecule has 2 aromatic carbocycles. The number of imidazole rings is 1. The van der Waals surface area contributed by atoms with Crippen molar-refractivity contribution in [3.63, 3.8) is 0 Å². The van der Waals surface area contributed by atoms with Crippen LogP contribution in [0.3, 0.4) is 0 Å². The molecule has 4 rings (SSSR count). The number of aliphatic hydroxyl groups is 1. The molecule has 6 heteroatoms. The average Bonchev–Trinajstić information content (AvgIpc) is 2.97. The van der Waals surface area contributed by atoms with Crippen LogP contribution >= 0.6 is 0 Å². The van der Waals surface area contributed by atoms with Crippen molar-refractivity contribution in [1.82, 2.24) is 15.0 Å². The quantitative estimate of drug-likeness (QED) is 0.455. The Kier molecular flexibility index (Phi) is 2.92. The van der Waals surface area contributed by atoms with E-state index < -0.39 is 0 Å². The van der Waals surface area contributed by atoms with Crippen LogP contribution < -0.4 is 11.3 Å². The molecule has 0 aliphatic carbocycles. The second-order valence-corrected chi connectivity index (χ2v) is 5.38. The number of hydrogen-bond donors (Lipinski definition) is 4. The number of nitrogens with zero attached hydrogens (tertiary/aromatic N) is 1. The third kappa shape index (κ3) is 2.08. The lowest BCUT2D eigenvalue weighted by Crippen LogP contribution is -2.13. The highest BCUT2D eigenvalue weighted by Crippen LogP contribution is 2.28. The second-order valence-electron chi connectivity index (χ2n) is 5.38. The number of rotatable bonds is 2. The van der Waals surface area contributed by atoms with Crippen molar-refractivity contribution in [3.05, 3.63) is 58.4 Å². The summed E-state index contributed by atoms with van der Waals surface area (Å²) in [5.41, 5.74) is 9.56. The van der Waals surface area contributed by atoms with Crippen molar-refractivity contribution < 1.29 is 5.11 Å². The number of pyridine rings is 1. The fourth-order valence-electron chi connectivity index (χ4n) is 2.78. The van der Waals surface area contributed by atoms with Gasteiger partial charge >= 0.3 is 0 Å². The van der Waals surface area contributed by atoms with Crippen LogP contribution in [0, 0.1) is 0 Å². The number of aromatic amines is 2. The summed E-state index contributed by atoms with van der Waals surface area (Å²) in [6, 6.07) is 12.8. The van der Waals surface area contributed by atoms with Gasteiger partial charge in [-0.25, -0.2) is 4.98 Å². The molecule has 6 nitrogen and oxygen atoms in total. The van der Waals surface area contributed by atoms with Crippen LogP contribution in [0.2, 0.25) is 0 Å². The molecule has 4 aromatic rings. The van der Waals surface area contributed by atoms with Gasteiger partial charge < -0.3 is 20.8 Å². The summed E-state index contributed by atoms with van der Waals surface area (Å²) in [5.74, 6) is 0.416. The first-order valence-corrected chi connectivity index (χ1v) is 7.18. The Morgan fingerprint density at radius 1 is 1.09 bits per heavy atom. The van der Waals surface area contributed by atoms with Crippen molar-refractivity contribution in [2.75, 3.05) is 5.73 Å². The van der Waals surface area contributed by atoms with E-state index in [1.807, 2.05) is 24.3 Å². The van der Waals surface area contributed by atoms with Crippen molar-refractivity contribution in [3.8, 4) is 11.4 Å².